The highest BCUT2D eigenvalue weighted by Gasteiger charge is 2.37. The number of piperidine rings is 1. The van der Waals surface area contributed by atoms with Crippen molar-refractivity contribution in [3.05, 3.63) is 28.3 Å². The van der Waals surface area contributed by atoms with Crippen LogP contribution in [0.25, 0.3) is 0 Å². The molecule has 2 bridgehead atoms. The molecule has 1 aromatic heterocycles. The molecule has 6 heteroatoms. The molecule has 2 atom stereocenters. The van der Waals surface area contributed by atoms with Crippen LogP contribution in [0, 0.1) is 5.92 Å². The Labute approximate surface area is 148 Å². The second-order valence-corrected chi connectivity index (χ2v) is 7.60. The third-order valence-electron chi connectivity index (χ3n) is 5.99. The van der Waals surface area contributed by atoms with Crippen molar-refractivity contribution in [3.63, 3.8) is 0 Å². The van der Waals surface area contributed by atoms with Gasteiger partial charge in [0.25, 0.3) is 0 Å². The maximum atomic E-state index is 12.0. The lowest BCUT2D eigenvalue weighted by atomic mass is 9.95. The first-order chi connectivity index (χ1) is 12.2. The van der Waals surface area contributed by atoms with Crippen molar-refractivity contribution < 1.29 is 13.9 Å². The molecule has 6 nitrogen and oxygen atoms in total. The highest BCUT2D eigenvalue weighted by atomic mass is 16.5. The van der Waals surface area contributed by atoms with Gasteiger partial charge in [0.05, 0.1) is 13.7 Å². The highest BCUT2D eigenvalue weighted by Crippen LogP contribution is 2.31. The van der Waals surface area contributed by atoms with Crippen molar-refractivity contribution in [2.45, 2.75) is 44.3 Å². The monoisotopic (exact) mass is 348 g/mol. The second-order valence-electron chi connectivity index (χ2n) is 7.60. The molecule has 0 N–H and O–H groups in total. The van der Waals surface area contributed by atoms with E-state index in [4.69, 9.17) is 13.9 Å². The molecule has 4 aliphatic rings. The van der Waals surface area contributed by atoms with Crippen LogP contribution in [0.2, 0.25) is 0 Å². The van der Waals surface area contributed by atoms with Crippen molar-refractivity contribution in [3.8, 4) is 5.75 Å². The number of rotatable bonds is 4. The molecule has 4 fully saturated rings. The first-order valence-electron chi connectivity index (χ1n) is 9.44. The molecule has 0 spiro atoms. The van der Waals surface area contributed by atoms with Crippen LogP contribution < -0.4 is 10.2 Å². The second kappa shape index (κ2) is 7.48. The van der Waals surface area contributed by atoms with Gasteiger partial charge in [-0.15, -0.1) is 0 Å². The molecule has 0 aliphatic carbocycles. The van der Waals surface area contributed by atoms with E-state index in [0.717, 1.165) is 44.9 Å². The molecule has 0 aromatic carbocycles. The normalized spacial score (nSPS) is 28.8. The van der Waals surface area contributed by atoms with Gasteiger partial charge in [-0.3, -0.25) is 14.6 Å². The molecule has 0 unspecified atom stereocenters. The van der Waals surface area contributed by atoms with Crippen molar-refractivity contribution in [2.75, 3.05) is 40.0 Å². The van der Waals surface area contributed by atoms with E-state index in [9.17, 15) is 4.79 Å². The summed E-state index contributed by atoms with van der Waals surface area (Å²) in [5, 5.41) is 0. The lowest BCUT2D eigenvalue weighted by Gasteiger charge is -2.36. The number of ether oxygens (including phenoxy) is 2. The van der Waals surface area contributed by atoms with Gasteiger partial charge in [0.1, 0.15) is 12.0 Å². The molecular weight excluding hydrogens is 320 g/mol. The third-order valence-corrected chi connectivity index (χ3v) is 5.99. The predicted molar refractivity (Wildman–Crippen MR) is 93.9 cm³/mol. The molecule has 0 radical (unpaired) electrons. The number of hydrogen-bond acceptors (Lipinski definition) is 6. The van der Waals surface area contributed by atoms with E-state index in [0.29, 0.717) is 24.5 Å². The van der Waals surface area contributed by atoms with Gasteiger partial charge >= 0.3 is 0 Å². The fraction of sp³-hybridized carbons (Fsp3) is 0.737. The molecule has 0 amide bonds. The minimum absolute atomic E-state index is 0.104. The maximum absolute atomic E-state index is 12.0. The summed E-state index contributed by atoms with van der Waals surface area (Å²) in [5.74, 6) is 1.72. The van der Waals surface area contributed by atoms with Crippen molar-refractivity contribution in [1.82, 2.24) is 9.80 Å². The summed E-state index contributed by atoms with van der Waals surface area (Å²) in [6, 6.07) is 2.80. The summed E-state index contributed by atoms with van der Waals surface area (Å²) in [4.78, 5) is 17.2. The summed E-state index contributed by atoms with van der Waals surface area (Å²) < 4.78 is 16.2. The average molecular weight is 348 g/mol. The van der Waals surface area contributed by atoms with E-state index in [2.05, 4.69) is 9.80 Å². The first kappa shape index (κ1) is 17.1. The Morgan fingerprint density at radius 1 is 1.12 bits per heavy atom. The Morgan fingerprint density at radius 3 is 2.72 bits per heavy atom. The number of nitrogens with zero attached hydrogens (tertiary/aromatic N) is 2. The van der Waals surface area contributed by atoms with Crippen LogP contribution in [0.1, 0.15) is 31.4 Å². The van der Waals surface area contributed by atoms with Crippen LogP contribution in [0.5, 0.6) is 5.75 Å². The standard InChI is InChI=1S/C19H28N2O4/c1-23-19-13-25-17(8-18(19)22)12-21-10-14-2-3-16(21)11-20(9-14)15-4-6-24-7-5-15/h8,13-16H,2-7,9-12H2,1H3/t14-,16+/m0/s1. The van der Waals surface area contributed by atoms with Crippen LogP contribution in [0.3, 0.4) is 0 Å². The maximum Gasteiger partial charge on any atom is 0.227 e. The van der Waals surface area contributed by atoms with E-state index in [1.165, 1.54) is 32.8 Å². The van der Waals surface area contributed by atoms with Gasteiger partial charge in [-0.2, -0.15) is 0 Å². The van der Waals surface area contributed by atoms with Gasteiger partial charge in [-0.05, 0) is 31.6 Å². The Kier molecular flexibility index (Phi) is 5.10. The molecular formula is C19H28N2O4. The Morgan fingerprint density at radius 2 is 1.96 bits per heavy atom. The summed E-state index contributed by atoms with van der Waals surface area (Å²) in [6.45, 7) is 5.93. The zero-order valence-corrected chi connectivity index (χ0v) is 15.0. The van der Waals surface area contributed by atoms with Crippen molar-refractivity contribution in [2.24, 2.45) is 5.92 Å². The van der Waals surface area contributed by atoms with Gasteiger partial charge in [-0.25, -0.2) is 0 Å². The molecule has 5 rings (SSSR count). The molecule has 1 aromatic rings. The van der Waals surface area contributed by atoms with Gasteiger partial charge in [0.15, 0.2) is 0 Å². The SMILES string of the molecule is COc1coc(CN2C[C@H]3CC[C@@H]2CN(C2CCOCC2)C3)cc1=O. The summed E-state index contributed by atoms with van der Waals surface area (Å²) >= 11 is 0. The number of hydrogen-bond donors (Lipinski definition) is 0. The molecule has 4 aliphatic heterocycles. The predicted octanol–water partition coefficient (Wildman–Crippen LogP) is 1.72. The smallest absolute Gasteiger partial charge is 0.227 e. The summed E-state index contributed by atoms with van der Waals surface area (Å²) in [7, 11) is 1.49. The molecule has 5 heterocycles. The molecule has 138 valence electrons. The largest absolute Gasteiger partial charge is 0.490 e. The minimum Gasteiger partial charge on any atom is -0.490 e. The first-order valence-corrected chi connectivity index (χ1v) is 9.44. The lowest BCUT2D eigenvalue weighted by Crippen LogP contribution is -2.45. The zero-order valence-electron chi connectivity index (χ0n) is 15.0. The van der Waals surface area contributed by atoms with Gasteiger partial charge in [0, 0.05) is 51.0 Å². The van der Waals surface area contributed by atoms with Crippen molar-refractivity contribution >= 4 is 0 Å². The summed E-state index contributed by atoms with van der Waals surface area (Å²) in [5.41, 5.74) is -0.104. The van der Waals surface area contributed by atoms with Crippen molar-refractivity contribution in [1.29, 1.82) is 0 Å². The molecule has 25 heavy (non-hydrogen) atoms. The van der Waals surface area contributed by atoms with Gasteiger partial charge < -0.3 is 13.9 Å². The number of fused-ring (bicyclic) bond motifs is 4. The fourth-order valence-electron chi connectivity index (χ4n) is 4.63. The Balaban J connectivity index is 1.45. The van der Waals surface area contributed by atoms with Crippen LogP contribution in [-0.2, 0) is 11.3 Å². The fourth-order valence-corrected chi connectivity index (χ4v) is 4.63. The van der Waals surface area contributed by atoms with Gasteiger partial charge in [-0.1, -0.05) is 0 Å². The Bertz CT molecular complexity index is 641. The van der Waals surface area contributed by atoms with E-state index >= 15 is 0 Å². The van der Waals surface area contributed by atoms with E-state index in [-0.39, 0.29) is 11.2 Å². The van der Waals surface area contributed by atoms with Gasteiger partial charge in [0.2, 0.25) is 11.2 Å². The minimum atomic E-state index is -0.104. The lowest BCUT2D eigenvalue weighted by molar-refractivity contribution is 0.0305. The summed E-state index contributed by atoms with van der Waals surface area (Å²) in [6.07, 6.45) is 6.31. The number of methoxy groups -OCH3 is 1. The zero-order chi connectivity index (χ0) is 17.2. The van der Waals surface area contributed by atoms with Crippen LogP contribution in [0.4, 0.5) is 0 Å². The topological polar surface area (TPSA) is 55.1 Å². The van der Waals surface area contributed by atoms with Crippen LogP contribution in [-0.4, -0.2) is 61.8 Å². The Hall–Kier alpha value is -1.37. The molecule has 4 saturated heterocycles. The van der Waals surface area contributed by atoms with Crippen LogP contribution in [0.15, 0.2) is 21.5 Å². The van der Waals surface area contributed by atoms with E-state index < -0.39 is 0 Å². The van der Waals surface area contributed by atoms with E-state index in [1.807, 2.05) is 0 Å². The van der Waals surface area contributed by atoms with Crippen LogP contribution >= 0.6 is 0 Å². The average Bonchev–Trinajstić information content (AvgIpc) is 2.95. The highest BCUT2D eigenvalue weighted by molar-refractivity contribution is 5.17. The quantitative estimate of drug-likeness (QED) is 0.826. The van der Waals surface area contributed by atoms with E-state index in [1.54, 1.807) is 6.07 Å². The third kappa shape index (κ3) is 3.76. The molecule has 0 saturated carbocycles.